The van der Waals surface area contributed by atoms with Crippen molar-refractivity contribution in [3.63, 3.8) is 0 Å². The van der Waals surface area contributed by atoms with Gasteiger partial charge < -0.3 is 15.0 Å². The molecular weight excluding hydrogens is 313 g/mol. The number of aromatic amines is 1. The minimum absolute atomic E-state index is 0.0182. The minimum Gasteiger partial charge on any atom is -0.370 e. The van der Waals surface area contributed by atoms with Crippen molar-refractivity contribution in [2.75, 3.05) is 24.4 Å². The van der Waals surface area contributed by atoms with Gasteiger partial charge in [0.1, 0.15) is 0 Å². The summed E-state index contributed by atoms with van der Waals surface area (Å²) < 4.78 is 7.92. The zero-order chi connectivity index (χ0) is 16.4. The topological polar surface area (TPSA) is 98.8 Å². The Morgan fingerprint density at radius 1 is 1.43 bits per heavy atom. The fraction of sp³-hybridized carbons (Fsp3) is 0.533. The van der Waals surface area contributed by atoms with E-state index in [1.54, 1.807) is 6.33 Å². The number of nitrogens with zero attached hydrogens (tertiary/aromatic N) is 3. The molecule has 1 aliphatic carbocycles. The molecule has 0 radical (unpaired) electrons. The van der Waals surface area contributed by atoms with E-state index in [1.165, 1.54) is 12.3 Å². The van der Waals surface area contributed by atoms with Crippen molar-refractivity contribution in [1.82, 2.24) is 19.5 Å². The Balaban J connectivity index is 1.73. The van der Waals surface area contributed by atoms with Gasteiger partial charge in [-0.1, -0.05) is 33.9 Å². The van der Waals surface area contributed by atoms with Crippen LogP contribution in [0.25, 0.3) is 11.2 Å². The zero-order valence-corrected chi connectivity index (χ0v) is 14.3. The number of H-pyrrole nitrogens is 1. The zero-order valence-electron chi connectivity index (χ0n) is 13.4. The van der Waals surface area contributed by atoms with E-state index in [0.717, 1.165) is 12.8 Å². The molecule has 2 aromatic rings. The maximum atomic E-state index is 11.8. The molecule has 1 aliphatic rings. The van der Waals surface area contributed by atoms with Gasteiger partial charge in [-0.05, 0) is 12.3 Å². The Labute approximate surface area is 135 Å². The van der Waals surface area contributed by atoms with Gasteiger partial charge in [-0.3, -0.25) is 9.78 Å². The van der Waals surface area contributed by atoms with Crippen LogP contribution in [0.3, 0.4) is 0 Å². The third-order valence-corrected chi connectivity index (χ3v) is 6.50. The van der Waals surface area contributed by atoms with E-state index in [-0.39, 0.29) is 31.6 Å². The molecule has 7 nitrogen and oxygen atoms in total. The van der Waals surface area contributed by atoms with E-state index in [2.05, 4.69) is 41.0 Å². The van der Waals surface area contributed by atoms with Crippen molar-refractivity contribution in [3.05, 3.63) is 28.8 Å². The highest BCUT2D eigenvalue weighted by molar-refractivity contribution is 7.57. The average Bonchev–Trinajstić information content (AvgIpc) is 3.14. The van der Waals surface area contributed by atoms with Gasteiger partial charge in [0.05, 0.1) is 24.8 Å². The molecule has 0 spiro atoms. The molecule has 124 valence electrons. The molecule has 2 atom stereocenters. The normalized spacial score (nSPS) is 20.8. The van der Waals surface area contributed by atoms with Crippen LogP contribution in [0.1, 0.15) is 26.3 Å². The number of hydrogen-bond donors (Lipinski definition) is 2. The number of nitrogen functional groups attached to an aromatic ring is 1. The first kappa shape index (κ1) is 16.1. The molecule has 2 unspecified atom stereocenters. The van der Waals surface area contributed by atoms with Gasteiger partial charge in [0.2, 0.25) is 5.95 Å². The lowest BCUT2D eigenvalue weighted by Gasteiger charge is -2.18. The summed E-state index contributed by atoms with van der Waals surface area (Å²) in [6.07, 6.45) is 10.0. The van der Waals surface area contributed by atoms with Crippen LogP contribution >= 0.6 is 7.92 Å². The number of allylic oxidation sites excluding steroid dienone is 1. The molecule has 0 amide bonds. The van der Waals surface area contributed by atoms with Crippen molar-refractivity contribution >= 4 is 25.0 Å². The van der Waals surface area contributed by atoms with Crippen LogP contribution in [0.15, 0.2) is 23.3 Å². The summed E-state index contributed by atoms with van der Waals surface area (Å²) in [5.74, 6) is 0.107. The number of aromatic nitrogens is 4. The monoisotopic (exact) mass is 335 g/mol. The van der Waals surface area contributed by atoms with Crippen LogP contribution in [-0.4, -0.2) is 44.3 Å². The second kappa shape index (κ2) is 6.81. The molecule has 3 N–H and O–H groups in total. The van der Waals surface area contributed by atoms with Crippen molar-refractivity contribution in [2.24, 2.45) is 0 Å². The fourth-order valence-corrected chi connectivity index (χ4v) is 3.98. The maximum absolute atomic E-state index is 11.8. The first-order valence-electron chi connectivity index (χ1n) is 7.87. The van der Waals surface area contributed by atoms with Crippen LogP contribution in [0, 0.1) is 0 Å². The van der Waals surface area contributed by atoms with Crippen LogP contribution in [-0.2, 0) is 4.74 Å². The van der Waals surface area contributed by atoms with Gasteiger partial charge in [0.15, 0.2) is 11.2 Å². The van der Waals surface area contributed by atoms with E-state index in [9.17, 15) is 4.79 Å². The number of imidazole rings is 1. The van der Waals surface area contributed by atoms with Crippen LogP contribution in [0.2, 0.25) is 0 Å². The lowest BCUT2D eigenvalue weighted by molar-refractivity contribution is 0.118. The highest BCUT2D eigenvalue weighted by Crippen LogP contribution is 2.36. The van der Waals surface area contributed by atoms with Gasteiger partial charge in [0, 0.05) is 6.42 Å². The second-order valence-electron chi connectivity index (χ2n) is 5.60. The summed E-state index contributed by atoms with van der Waals surface area (Å²) in [5.41, 5.74) is 6.17. The number of hydrogen-bond acceptors (Lipinski definition) is 5. The summed E-state index contributed by atoms with van der Waals surface area (Å²) in [6.45, 7) is 4.44. The lowest BCUT2D eigenvalue weighted by atomic mass is 10.2. The highest BCUT2D eigenvalue weighted by Gasteiger charge is 2.24. The van der Waals surface area contributed by atoms with E-state index in [1.807, 2.05) is 4.57 Å². The molecule has 2 heterocycles. The molecule has 0 bridgehead atoms. The lowest BCUT2D eigenvalue weighted by Crippen LogP contribution is -2.15. The summed E-state index contributed by atoms with van der Waals surface area (Å²) in [7, 11) is -0.0182. The summed E-state index contributed by atoms with van der Waals surface area (Å²) in [5, 5.41) is 0. The molecule has 0 saturated heterocycles. The van der Waals surface area contributed by atoms with Gasteiger partial charge in [-0.15, -0.1) is 0 Å². The largest absolute Gasteiger partial charge is 0.370 e. The maximum Gasteiger partial charge on any atom is 0.280 e. The Kier molecular flexibility index (Phi) is 4.78. The first-order valence-corrected chi connectivity index (χ1v) is 9.76. The Bertz CT molecular complexity index is 765. The molecule has 2 aromatic heterocycles. The molecule has 8 heteroatoms. The number of rotatable bonds is 6. The first-order chi connectivity index (χ1) is 11.1. The smallest absolute Gasteiger partial charge is 0.280 e. The predicted molar refractivity (Wildman–Crippen MR) is 93.1 cm³/mol. The minimum atomic E-state index is -0.308. The van der Waals surface area contributed by atoms with Gasteiger partial charge >= 0.3 is 0 Å². The number of anilines is 1. The Morgan fingerprint density at radius 2 is 2.22 bits per heavy atom. The molecule has 23 heavy (non-hydrogen) atoms. The van der Waals surface area contributed by atoms with Crippen molar-refractivity contribution in [1.29, 1.82) is 0 Å². The predicted octanol–water partition coefficient (Wildman–Crippen LogP) is 2.07. The van der Waals surface area contributed by atoms with Gasteiger partial charge in [-0.25, -0.2) is 4.98 Å². The fourth-order valence-electron chi connectivity index (χ4n) is 2.77. The van der Waals surface area contributed by atoms with Gasteiger partial charge in [-0.2, -0.15) is 4.98 Å². The Hall–Kier alpha value is -1.72. The van der Waals surface area contributed by atoms with Crippen molar-refractivity contribution < 1.29 is 4.74 Å². The van der Waals surface area contributed by atoms with Crippen LogP contribution in [0.4, 0.5) is 5.95 Å². The quantitative estimate of drug-likeness (QED) is 0.622. The molecule has 3 rings (SSSR count). The van der Waals surface area contributed by atoms with E-state index in [4.69, 9.17) is 10.5 Å². The number of nitrogens with two attached hydrogens (primary N) is 1. The number of fused-ring (bicyclic) bond motifs is 1. The average molecular weight is 335 g/mol. The SMILES string of the molecule is CCP(CC)COC1C=CC(n2cnc3c(=O)[nH]c(N)nc32)C1. The van der Waals surface area contributed by atoms with Crippen molar-refractivity contribution in [3.8, 4) is 0 Å². The number of nitrogens with one attached hydrogen (secondary N) is 1. The molecule has 0 aromatic carbocycles. The summed E-state index contributed by atoms with van der Waals surface area (Å²) in [4.78, 5) is 22.7. The number of ether oxygens (including phenoxy) is 1. The van der Waals surface area contributed by atoms with Crippen LogP contribution in [0.5, 0.6) is 0 Å². The van der Waals surface area contributed by atoms with E-state index in [0.29, 0.717) is 11.2 Å². The third-order valence-electron chi connectivity index (χ3n) is 4.20. The van der Waals surface area contributed by atoms with E-state index >= 15 is 0 Å². The molecule has 0 saturated carbocycles. The van der Waals surface area contributed by atoms with Crippen molar-refractivity contribution in [2.45, 2.75) is 32.4 Å². The Morgan fingerprint density at radius 3 is 2.96 bits per heavy atom. The molecule has 0 fully saturated rings. The summed E-state index contributed by atoms with van der Waals surface area (Å²) >= 11 is 0. The summed E-state index contributed by atoms with van der Waals surface area (Å²) in [6, 6.07) is 0.0909. The molecular formula is C15H22N5O2P. The van der Waals surface area contributed by atoms with E-state index < -0.39 is 0 Å². The standard InChI is InChI=1S/C15H22N5O2P/c1-3-23(4-2)9-22-11-6-5-10(7-11)20-8-17-12-13(20)18-15(16)19-14(12)21/h5-6,8,10-11H,3-4,7,9H2,1-2H3,(H3,16,18,19,21). The third kappa shape index (κ3) is 3.31. The van der Waals surface area contributed by atoms with Gasteiger partial charge in [0.25, 0.3) is 5.56 Å². The van der Waals surface area contributed by atoms with Crippen LogP contribution < -0.4 is 11.3 Å². The molecule has 0 aliphatic heterocycles. The second-order valence-corrected chi connectivity index (χ2v) is 8.47. The highest BCUT2D eigenvalue weighted by atomic mass is 31.1.